The van der Waals surface area contributed by atoms with Gasteiger partial charge < -0.3 is 20.9 Å². The van der Waals surface area contributed by atoms with Crippen LogP contribution in [0.25, 0.3) is 10.1 Å². The van der Waals surface area contributed by atoms with E-state index in [2.05, 4.69) is 5.32 Å². The van der Waals surface area contributed by atoms with E-state index in [1.165, 1.54) is 11.3 Å². The molecule has 1 aliphatic rings. The molecule has 1 fully saturated rings. The fraction of sp³-hybridized carbons (Fsp3) is 0.400. The molecule has 1 saturated carbocycles. The van der Waals surface area contributed by atoms with Crippen LogP contribution in [0.4, 0.5) is 5.69 Å². The summed E-state index contributed by atoms with van der Waals surface area (Å²) in [6, 6.07) is 5.59. The number of ether oxygens (including phenoxy) is 1. The van der Waals surface area contributed by atoms with E-state index in [0.717, 1.165) is 28.7 Å². The summed E-state index contributed by atoms with van der Waals surface area (Å²) < 4.78 is 6.13. The van der Waals surface area contributed by atoms with E-state index in [0.29, 0.717) is 23.0 Å². The quantitative estimate of drug-likeness (QED) is 0.806. The SMILES string of the molecule is COc1ccc2c(N)c(C(=O)NCC3CC(O)C3)sc2c1. The van der Waals surface area contributed by atoms with Crippen LogP contribution >= 0.6 is 11.3 Å². The predicted octanol–water partition coefficient (Wildman–Crippen LogP) is 1.99. The Labute approximate surface area is 126 Å². The Kier molecular flexibility index (Phi) is 3.73. The number of carbonyl (C=O) groups is 1. The molecular formula is C15H18N2O3S. The highest BCUT2D eigenvalue weighted by Gasteiger charge is 2.27. The molecule has 0 atom stereocenters. The van der Waals surface area contributed by atoms with Crippen LogP contribution in [0, 0.1) is 5.92 Å². The summed E-state index contributed by atoms with van der Waals surface area (Å²) in [6.45, 7) is 0.590. The predicted molar refractivity (Wildman–Crippen MR) is 83.9 cm³/mol. The molecule has 0 radical (unpaired) electrons. The molecule has 112 valence electrons. The van der Waals surface area contributed by atoms with Gasteiger partial charge in [0, 0.05) is 16.6 Å². The van der Waals surface area contributed by atoms with E-state index in [-0.39, 0.29) is 12.0 Å². The molecule has 0 bridgehead atoms. The summed E-state index contributed by atoms with van der Waals surface area (Å²) in [5, 5.41) is 13.0. The topological polar surface area (TPSA) is 84.6 Å². The summed E-state index contributed by atoms with van der Waals surface area (Å²) in [7, 11) is 1.61. The maximum atomic E-state index is 12.2. The standard InChI is InChI=1S/C15H18N2O3S/c1-20-10-2-3-11-12(6-10)21-14(13(11)16)15(19)17-7-8-4-9(18)5-8/h2-3,6,8-9,18H,4-5,7,16H2,1H3,(H,17,19). The number of amides is 1. The summed E-state index contributed by atoms with van der Waals surface area (Å²) in [4.78, 5) is 12.8. The van der Waals surface area contributed by atoms with Gasteiger partial charge in [0.25, 0.3) is 5.91 Å². The van der Waals surface area contributed by atoms with Gasteiger partial charge in [0.15, 0.2) is 0 Å². The lowest BCUT2D eigenvalue weighted by atomic mass is 9.82. The van der Waals surface area contributed by atoms with Crippen LogP contribution in [-0.2, 0) is 0 Å². The van der Waals surface area contributed by atoms with Gasteiger partial charge in [0.05, 0.1) is 18.9 Å². The van der Waals surface area contributed by atoms with Crippen LogP contribution in [0.1, 0.15) is 22.5 Å². The zero-order valence-electron chi connectivity index (χ0n) is 11.8. The van der Waals surface area contributed by atoms with Gasteiger partial charge in [-0.2, -0.15) is 0 Å². The van der Waals surface area contributed by atoms with Gasteiger partial charge in [0.2, 0.25) is 0 Å². The molecule has 5 nitrogen and oxygen atoms in total. The monoisotopic (exact) mass is 306 g/mol. The molecule has 1 aromatic heterocycles. The van der Waals surface area contributed by atoms with Crippen molar-refractivity contribution in [2.45, 2.75) is 18.9 Å². The summed E-state index contributed by atoms with van der Waals surface area (Å²) in [5.41, 5.74) is 6.59. The van der Waals surface area contributed by atoms with Gasteiger partial charge >= 0.3 is 0 Å². The average molecular weight is 306 g/mol. The third-order valence-electron chi connectivity index (χ3n) is 3.90. The first-order valence-electron chi connectivity index (χ1n) is 6.90. The number of fused-ring (bicyclic) bond motifs is 1. The fourth-order valence-corrected chi connectivity index (χ4v) is 3.64. The first-order valence-corrected chi connectivity index (χ1v) is 7.72. The number of nitrogen functional groups attached to an aromatic ring is 1. The molecule has 3 rings (SSSR count). The van der Waals surface area contributed by atoms with Gasteiger partial charge in [-0.25, -0.2) is 0 Å². The van der Waals surface area contributed by atoms with E-state index in [1.54, 1.807) is 7.11 Å². The van der Waals surface area contributed by atoms with Gasteiger partial charge in [-0.15, -0.1) is 11.3 Å². The van der Waals surface area contributed by atoms with Crippen molar-refractivity contribution < 1.29 is 14.6 Å². The Bertz CT molecular complexity index is 677. The van der Waals surface area contributed by atoms with E-state index in [1.807, 2.05) is 18.2 Å². The number of methoxy groups -OCH3 is 1. The highest BCUT2D eigenvalue weighted by atomic mass is 32.1. The molecule has 4 N–H and O–H groups in total. The Morgan fingerprint density at radius 2 is 2.29 bits per heavy atom. The number of nitrogens with two attached hydrogens (primary N) is 1. The van der Waals surface area contributed by atoms with Crippen molar-refractivity contribution in [2.75, 3.05) is 19.4 Å². The lowest BCUT2D eigenvalue weighted by molar-refractivity contribution is 0.0420. The Balaban J connectivity index is 1.76. The van der Waals surface area contributed by atoms with Crippen molar-refractivity contribution in [1.29, 1.82) is 0 Å². The molecule has 1 heterocycles. The smallest absolute Gasteiger partial charge is 0.263 e. The number of benzene rings is 1. The molecule has 1 amide bonds. The van der Waals surface area contributed by atoms with Gasteiger partial charge in [0.1, 0.15) is 10.6 Å². The zero-order valence-corrected chi connectivity index (χ0v) is 12.6. The summed E-state index contributed by atoms with van der Waals surface area (Å²) in [5.74, 6) is 0.980. The van der Waals surface area contributed by atoms with Crippen LogP contribution < -0.4 is 15.8 Å². The van der Waals surface area contributed by atoms with Gasteiger partial charge in [-0.1, -0.05) is 0 Å². The second kappa shape index (κ2) is 5.54. The van der Waals surface area contributed by atoms with E-state index < -0.39 is 0 Å². The fourth-order valence-electron chi connectivity index (χ4n) is 2.58. The molecule has 1 aliphatic carbocycles. The number of anilines is 1. The number of carbonyl (C=O) groups excluding carboxylic acids is 1. The van der Waals surface area contributed by atoms with Crippen LogP contribution in [0.5, 0.6) is 5.75 Å². The number of nitrogens with one attached hydrogen (secondary N) is 1. The average Bonchev–Trinajstić information content (AvgIpc) is 2.78. The van der Waals surface area contributed by atoms with Gasteiger partial charge in [-0.05, 0) is 37.0 Å². The largest absolute Gasteiger partial charge is 0.497 e. The highest BCUT2D eigenvalue weighted by molar-refractivity contribution is 7.21. The van der Waals surface area contributed by atoms with Crippen molar-refractivity contribution in [1.82, 2.24) is 5.32 Å². The van der Waals surface area contributed by atoms with E-state index in [4.69, 9.17) is 10.5 Å². The zero-order chi connectivity index (χ0) is 15.0. The first kappa shape index (κ1) is 14.2. The summed E-state index contributed by atoms with van der Waals surface area (Å²) >= 11 is 1.37. The molecule has 0 saturated heterocycles. The van der Waals surface area contributed by atoms with Crippen molar-refractivity contribution in [3.63, 3.8) is 0 Å². The minimum absolute atomic E-state index is 0.144. The molecule has 21 heavy (non-hydrogen) atoms. The lowest BCUT2D eigenvalue weighted by Gasteiger charge is -2.31. The van der Waals surface area contributed by atoms with Crippen LogP contribution in [0.15, 0.2) is 18.2 Å². The van der Waals surface area contributed by atoms with Crippen LogP contribution in [-0.4, -0.2) is 30.8 Å². The highest BCUT2D eigenvalue weighted by Crippen LogP contribution is 2.36. The molecule has 0 aliphatic heterocycles. The number of thiophene rings is 1. The maximum absolute atomic E-state index is 12.2. The molecule has 6 heteroatoms. The maximum Gasteiger partial charge on any atom is 0.263 e. The van der Waals surface area contributed by atoms with Crippen molar-refractivity contribution >= 4 is 33.0 Å². The molecule has 2 aromatic rings. The molecule has 0 unspecified atom stereocenters. The molecular weight excluding hydrogens is 288 g/mol. The number of rotatable bonds is 4. The normalized spacial score (nSPS) is 21.0. The van der Waals surface area contributed by atoms with E-state index >= 15 is 0 Å². The minimum Gasteiger partial charge on any atom is -0.497 e. The van der Waals surface area contributed by atoms with Crippen LogP contribution in [0.2, 0.25) is 0 Å². The van der Waals surface area contributed by atoms with E-state index in [9.17, 15) is 9.90 Å². The third-order valence-corrected chi connectivity index (χ3v) is 5.07. The second-order valence-corrected chi connectivity index (χ2v) is 6.46. The molecule has 1 aromatic carbocycles. The molecule has 0 spiro atoms. The number of hydrogen-bond acceptors (Lipinski definition) is 5. The Morgan fingerprint density at radius 3 is 2.95 bits per heavy atom. The number of aliphatic hydroxyl groups excluding tert-OH is 1. The van der Waals surface area contributed by atoms with Crippen LogP contribution in [0.3, 0.4) is 0 Å². The number of aliphatic hydroxyl groups is 1. The van der Waals surface area contributed by atoms with Crippen molar-refractivity contribution in [2.24, 2.45) is 5.92 Å². The summed E-state index contributed by atoms with van der Waals surface area (Å²) in [6.07, 6.45) is 1.33. The Morgan fingerprint density at radius 1 is 1.52 bits per heavy atom. The second-order valence-electron chi connectivity index (χ2n) is 5.41. The number of hydrogen-bond donors (Lipinski definition) is 3. The lowest BCUT2D eigenvalue weighted by Crippen LogP contribution is -2.38. The minimum atomic E-state index is -0.200. The van der Waals surface area contributed by atoms with Crippen molar-refractivity contribution in [3.8, 4) is 5.75 Å². The van der Waals surface area contributed by atoms with Gasteiger partial charge in [-0.3, -0.25) is 4.79 Å². The Hall–Kier alpha value is -1.79. The first-order chi connectivity index (χ1) is 10.1. The third kappa shape index (κ3) is 2.69. The van der Waals surface area contributed by atoms with Crippen molar-refractivity contribution in [3.05, 3.63) is 23.1 Å².